The molecule has 0 spiro atoms. The Bertz CT molecular complexity index is 882. The van der Waals surface area contributed by atoms with Crippen LogP contribution in [0.3, 0.4) is 0 Å². The van der Waals surface area contributed by atoms with Gasteiger partial charge in [0.1, 0.15) is 5.75 Å². The van der Waals surface area contributed by atoms with Crippen molar-refractivity contribution in [2.45, 2.75) is 18.9 Å². The van der Waals surface area contributed by atoms with Crippen molar-refractivity contribution >= 4 is 17.6 Å². The van der Waals surface area contributed by atoms with Crippen LogP contribution < -0.4 is 16.0 Å². The zero-order valence-electron chi connectivity index (χ0n) is 16.0. The van der Waals surface area contributed by atoms with Crippen molar-refractivity contribution in [3.8, 4) is 17.0 Å². The third-order valence-electron chi connectivity index (χ3n) is 6.13. The molecule has 1 aliphatic carbocycles. The van der Waals surface area contributed by atoms with Crippen molar-refractivity contribution in [2.24, 2.45) is 17.6 Å². The number of hydrogen-bond acceptors (Lipinski definition) is 7. The summed E-state index contributed by atoms with van der Waals surface area (Å²) in [4.78, 5) is 2.24. The quantitative estimate of drug-likeness (QED) is 0.594. The molecular weight excluding hydrogens is 352 g/mol. The van der Waals surface area contributed by atoms with Gasteiger partial charge >= 0.3 is 0 Å². The van der Waals surface area contributed by atoms with Crippen molar-refractivity contribution in [1.29, 1.82) is 5.41 Å². The van der Waals surface area contributed by atoms with Gasteiger partial charge in [0, 0.05) is 36.6 Å². The maximum atomic E-state index is 10.4. The van der Waals surface area contributed by atoms with E-state index in [2.05, 4.69) is 27.5 Å². The highest BCUT2D eigenvalue weighted by molar-refractivity contribution is 6.08. The number of nitrogens with one attached hydrogen (secondary N) is 2. The number of benzene rings is 1. The van der Waals surface area contributed by atoms with Crippen molar-refractivity contribution in [3.05, 3.63) is 42.1 Å². The van der Waals surface area contributed by atoms with Gasteiger partial charge in [0.05, 0.1) is 5.69 Å². The molecule has 0 bridgehead atoms. The van der Waals surface area contributed by atoms with Crippen LogP contribution in [0.15, 0.2) is 36.5 Å². The summed E-state index contributed by atoms with van der Waals surface area (Å²) in [6, 6.07) is 9.53. The van der Waals surface area contributed by atoms with E-state index in [0.29, 0.717) is 28.4 Å². The summed E-state index contributed by atoms with van der Waals surface area (Å²) in [7, 11) is 2.09. The third-order valence-corrected chi connectivity index (χ3v) is 6.13. The van der Waals surface area contributed by atoms with Crippen LogP contribution >= 0.6 is 0 Å². The molecule has 1 saturated heterocycles. The maximum Gasteiger partial charge on any atom is 0.151 e. The van der Waals surface area contributed by atoms with E-state index in [0.717, 1.165) is 37.0 Å². The zero-order chi connectivity index (χ0) is 19.7. The first kappa shape index (κ1) is 18.4. The molecular formula is C21H26N6O. The lowest BCUT2D eigenvalue weighted by Crippen LogP contribution is -2.31. The molecule has 146 valence electrons. The van der Waals surface area contributed by atoms with Crippen molar-refractivity contribution in [3.63, 3.8) is 0 Å². The topological polar surface area (TPSA) is 111 Å². The van der Waals surface area contributed by atoms with Gasteiger partial charge in [-0.3, -0.25) is 0 Å². The Kier molecular flexibility index (Phi) is 5.00. The van der Waals surface area contributed by atoms with Crippen LogP contribution in [-0.4, -0.2) is 47.7 Å². The summed E-state index contributed by atoms with van der Waals surface area (Å²) in [5.41, 5.74) is 7.96. The number of nitrogens with two attached hydrogens (primary N) is 1. The molecule has 1 aromatic carbocycles. The molecule has 1 aliphatic heterocycles. The molecule has 4 rings (SSSR count). The molecule has 0 amide bonds. The average molecular weight is 378 g/mol. The normalized spacial score (nSPS) is 24.2. The van der Waals surface area contributed by atoms with Gasteiger partial charge in [-0.05, 0) is 67.6 Å². The molecule has 5 N–H and O–H groups in total. The summed E-state index contributed by atoms with van der Waals surface area (Å²) in [6.07, 6.45) is 4.90. The Morgan fingerprint density at radius 1 is 1.21 bits per heavy atom. The zero-order valence-corrected chi connectivity index (χ0v) is 16.0. The second-order valence-electron chi connectivity index (χ2n) is 7.69. The first-order valence-electron chi connectivity index (χ1n) is 9.64. The lowest BCUT2D eigenvalue weighted by atomic mass is 10.0. The number of anilines is 1. The van der Waals surface area contributed by atoms with Crippen molar-refractivity contribution in [2.75, 3.05) is 25.0 Å². The Morgan fingerprint density at radius 3 is 2.54 bits per heavy atom. The fourth-order valence-corrected chi connectivity index (χ4v) is 4.45. The number of hydrogen-bond donors (Lipinski definition) is 4. The Morgan fingerprint density at radius 2 is 1.96 bits per heavy atom. The average Bonchev–Trinajstić information content (AvgIpc) is 3.31. The van der Waals surface area contributed by atoms with Gasteiger partial charge in [-0.15, -0.1) is 10.2 Å². The van der Waals surface area contributed by atoms with Gasteiger partial charge < -0.3 is 26.5 Å². The summed E-state index contributed by atoms with van der Waals surface area (Å²) in [5, 5.41) is 30.0. The lowest BCUT2D eigenvalue weighted by Gasteiger charge is -2.26. The van der Waals surface area contributed by atoms with E-state index in [1.54, 1.807) is 12.1 Å². The van der Waals surface area contributed by atoms with Crippen LogP contribution in [0.2, 0.25) is 0 Å². The molecule has 1 aromatic heterocycles. The van der Waals surface area contributed by atoms with Crippen LogP contribution in [0.5, 0.6) is 5.75 Å². The number of rotatable bonds is 5. The van der Waals surface area contributed by atoms with Gasteiger partial charge in [-0.2, -0.15) is 0 Å². The molecule has 0 radical (unpaired) electrons. The van der Waals surface area contributed by atoms with Crippen LogP contribution in [0.25, 0.3) is 16.8 Å². The van der Waals surface area contributed by atoms with Gasteiger partial charge in [-0.1, -0.05) is 6.07 Å². The standard InChI is InChI=1S/C21H26N6O/c1-27(17-6-14-11-24-12-15(14)7-17)21-5-4-19(25-26-21)18-3-2-13(8-20(18)28)16(9-22)10-23/h2-5,8-10,14-15,17,22,24,28H,6-7,11-12,23H2,1H3/b16-10+,22-9?/t14-,15+,17?. The first-order valence-corrected chi connectivity index (χ1v) is 9.64. The van der Waals surface area contributed by atoms with Crippen LogP contribution in [0, 0.1) is 17.2 Å². The number of nitrogens with zero attached hydrogens (tertiary/aromatic N) is 3. The highest BCUT2D eigenvalue weighted by atomic mass is 16.3. The minimum Gasteiger partial charge on any atom is -0.507 e. The summed E-state index contributed by atoms with van der Waals surface area (Å²) < 4.78 is 0. The van der Waals surface area contributed by atoms with E-state index in [4.69, 9.17) is 11.1 Å². The van der Waals surface area contributed by atoms with Crippen LogP contribution in [0.4, 0.5) is 5.82 Å². The monoisotopic (exact) mass is 378 g/mol. The Hall–Kier alpha value is -2.93. The maximum absolute atomic E-state index is 10.4. The smallest absolute Gasteiger partial charge is 0.151 e. The number of allylic oxidation sites excluding steroid dienone is 1. The fourth-order valence-electron chi connectivity index (χ4n) is 4.45. The second-order valence-corrected chi connectivity index (χ2v) is 7.69. The lowest BCUT2D eigenvalue weighted by molar-refractivity contribution is 0.477. The van der Waals surface area contributed by atoms with Crippen molar-refractivity contribution in [1.82, 2.24) is 15.5 Å². The number of aromatic nitrogens is 2. The molecule has 28 heavy (non-hydrogen) atoms. The third kappa shape index (κ3) is 3.33. The summed E-state index contributed by atoms with van der Waals surface area (Å²) >= 11 is 0. The minimum atomic E-state index is 0.0882. The molecule has 1 unspecified atom stereocenters. The molecule has 1 saturated carbocycles. The first-order chi connectivity index (χ1) is 13.6. The predicted octanol–water partition coefficient (Wildman–Crippen LogP) is 2.23. The fraction of sp³-hybridized carbons (Fsp3) is 0.381. The van der Waals surface area contributed by atoms with E-state index in [1.807, 2.05) is 18.2 Å². The second kappa shape index (κ2) is 7.59. The minimum absolute atomic E-state index is 0.0882. The predicted molar refractivity (Wildman–Crippen MR) is 111 cm³/mol. The highest BCUT2D eigenvalue weighted by Gasteiger charge is 2.39. The number of phenols is 1. The molecule has 2 aromatic rings. The summed E-state index contributed by atoms with van der Waals surface area (Å²) in [5.74, 6) is 2.51. The Balaban J connectivity index is 1.51. The molecule has 2 heterocycles. The van der Waals surface area contributed by atoms with Gasteiger partial charge in [0.25, 0.3) is 0 Å². The largest absolute Gasteiger partial charge is 0.507 e. The number of aromatic hydroxyl groups is 1. The molecule has 7 nitrogen and oxygen atoms in total. The molecule has 7 heteroatoms. The molecule has 2 fully saturated rings. The number of fused-ring (bicyclic) bond motifs is 1. The van der Waals surface area contributed by atoms with E-state index >= 15 is 0 Å². The van der Waals surface area contributed by atoms with Crippen LogP contribution in [0.1, 0.15) is 18.4 Å². The SMILES string of the molecule is CN(c1ccc(-c2ccc(/C(C=N)=C/N)cc2O)nn1)C1C[C@H]2CNC[C@H]2C1. The molecule has 3 atom stereocenters. The van der Waals surface area contributed by atoms with Crippen LogP contribution in [-0.2, 0) is 0 Å². The highest BCUT2D eigenvalue weighted by Crippen LogP contribution is 2.38. The van der Waals surface area contributed by atoms with E-state index in [1.165, 1.54) is 19.0 Å². The van der Waals surface area contributed by atoms with E-state index < -0.39 is 0 Å². The molecule has 2 aliphatic rings. The summed E-state index contributed by atoms with van der Waals surface area (Å²) in [6.45, 7) is 2.27. The van der Waals surface area contributed by atoms with Crippen molar-refractivity contribution < 1.29 is 5.11 Å². The Labute approximate surface area is 164 Å². The van der Waals surface area contributed by atoms with Gasteiger partial charge in [0.2, 0.25) is 0 Å². The van der Waals surface area contributed by atoms with E-state index in [9.17, 15) is 5.11 Å². The van der Waals surface area contributed by atoms with Gasteiger partial charge in [0.15, 0.2) is 5.82 Å². The number of phenolic OH excluding ortho intramolecular Hbond substituents is 1. The van der Waals surface area contributed by atoms with E-state index in [-0.39, 0.29) is 5.75 Å². The van der Waals surface area contributed by atoms with Gasteiger partial charge in [-0.25, -0.2) is 0 Å².